The van der Waals surface area contributed by atoms with Gasteiger partial charge in [0.2, 0.25) is 5.91 Å². The maximum absolute atomic E-state index is 14.2. The summed E-state index contributed by atoms with van der Waals surface area (Å²) in [7, 11) is 0. The number of hydrogen-bond donors (Lipinski definition) is 1. The zero-order valence-electron chi connectivity index (χ0n) is 14.5. The van der Waals surface area contributed by atoms with Gasteiger partial charge in [0.15, 0.2) is 11.5 Å². The smallest absolute Gasteiger partial charge is 0.243 e. The standard InChI is InChI=1S/C20H21FN2O3/c21-16-6-1-4-14-5-2-9-23(20(14)16)13-19(24)22-15-7-8-17-18(12-15)26-11-3-10-25-17/h1,4,6-8,12H,2-3,5,9-11,13H2,(H,22,24). The SMILES string of the molecule is O=C(CN1CCCc2cccc(F)c21)Nc1ccc2c(c1)OCCCO2. The maximum atomic E-state index is 14.2. The molecule has 0 bridgehead atoms. The summed E-state index contributed by atoms with van der Waals surface area (Å²) < 4.78 is 25.5. The first-order valence-electron chi connectivity index (χ1n) is 8.92. The molecule has 0 radical (unpaired) electrons. The highest BCUT2D eigenvalue weighted by atomic mass is 19.1. The van der Waals surface area contributed by atoms with Crippen molar-refractivity contribution in [3.63, 3.8) is 0 Å². The predicted molar refractivity (Wildman–Crippen MR) is 97.6 cm³/mol. The minimum atomic E-state index is -0.273. The number of hydrogen-bond acceptors (Lipinski definition) is 4. The molecule has 0 unspecified atom stereocenters. The Kier molecular flexibility index (Phi) is 4.65. The van der Waals surface area contributed by atoms with E-state index >= 15 is 0 Å². The van der Waals surface area contributed by atoms with Gasteiger partial charge in [-0.25, -0.2) is 4.39 Å². The van der Waals surface area contributed by atoms with Crippen LogP contribution in [0.2, 0.25) is 0 Å². The molecule has 0 atom stereocenters. The second-order valence-electron chi connectivity index (χ2n) is 6.53. The maximum Gasteiger partial charge on any atom is 0.243 e. The highest BCUT2D eigenvalue weighted by Crippen LogP contribution is 2.33. The number of carbonyl (C=O) groups excluding carboxylic acids is 1. The fourth-order valence-corrected chi connectivity index (χ4v) is 3.46. The van der Waals surface area contributed by atoms with Gasteiger partial charge in [0.1, 0.15) is 5.82 Å². The number of para-hydroxylation sites is 1. The van der Waals surface area contributed by atoms with E-state index in [-0.39, 0.29) is 18.3 Å². The molecular formula is C20H21FN2O3. The van der Waals surface area contributed by atoms with Crippen LogP contribution < -0.4 is 19.7 Å². The van der Waals surface area contributed by atoms with Gasteiger partial charge >= 0.3 is 0 Å². The van der Waals surface area contributed by atoms with E-state index in [9.17, 15) is 9.18 Å². The molecule has 2 aliphatic heterocycles. The molecule has 0 aromatic heterocycles. The van der Waals surface area contributed by atoms with Gasteiger partial charge in [-0.05, 0) is 36.6 Å². The summed E-state index contributed by atoms with van der Waals surface area (Å²) in [6, 6.07) is 10.4. The van der Waals surface area contributed by atoms with Crippen LogP contribution in [0.3, 0.4) is 0 Å². The van der Waals surface area contributed by atoms with Crippen molar-refractivity contribution < 1.29 is 18.7 Å². The highest BCUT2D eigenvalue weighted by molar-refractivity contribution is 5.94. The van der Waals surface area contributed by atoms with E-state index in [0.29, 0.717) is 42.6 Å². The molecule has 4 rings (SSSR count). The van der Waals surface area contributed by atoms with E-state index in [1.807, 2.05) is 11.0 Å². The zero-order chi connectivity index (χ0) is 17.9. The summed E-state index contributed by atoms with van der Waals surface area (Å²) in [5.74, 6) is 0.864. The molecule has 0 saturated heterocycles. The molecule has 2 heterocycles. The Bertz CT molecular complexity index is 825. The Morgan fingerprint density at radius 2 is 1.96 bits per heavy atom. The number of carbonyl (C=O) groups is 1. The topological polar surface area (TPSA) is 50.8 Å². The summed E-state index contributed by atoms with van der Waals surface area (Å²) in [5, 5.41) is 2.87. The van der Waals surface area contributed by atoms with E-state index in [2.05, 4.69) is 5.32 Å². The summed E-state index contributed by atoms with van der Waals surface area (Å²) in [6.07, 6.45) is 2.58. The monoisotopic (exact) mass is 356 g/mol. The number of halogens is 1. The first kappa shape index (κ1) is 16.7. The number of amides is 1. The molecular weight excluding hydrogens is 335 g/mol. The zero-order valence-corrected chi connectivity index (χ0v) is 14.5. The van der Waals surface area contributed by atoms with Crippen LogP contribution in [0.25, 0.3) is 0 Å². The van der Waals surface area contributed by atoms with Crippen molar-refractivity contribution in [1.29, 1.82) is 0 Å². The molecule has 0 fully saturated rings. The fourth-order valence-electron chi connectivity index (χ4n) is 3.46. The van der Waals surface area contributed by atoms with Gasteiger partial charge in [0, 0.05) is 24.7 Å². The molecule has 1 N–H and O–H groups in total. The fraction of sp³-hybridized carbons (Fsp3) is 0.350. The van der Waals surface area contributed by atoms with E-state index in [0.717, 1.165) is 24.8 Å². The van der Waals surface area contributed by atoms with Crippen LogP contribution in [0.15, 0.2) is 36.4 Å². The number of anilines is 2. The number of rotatable bonds is 3. The number of ether oxygens (including phenoxy) is 2. The van der Waals surface area contributed by atoms with Gasteiger partial charge in [-0.15, -0.1) is 0 Å². The molecule has 0 spiro atoms. The van der Waals surface area contributed by atoms with Gasteiger partial charge in [-0.1, -0.05) is 12.1 Å². The van der Waals surface area contributed by atoms with E-state index in [4.69, 9.17) is 9.47 Å². The Morgan fingerprint density at radius 3 is 2.85 bits per heavy atom. The minimum Gasteiger partial charge on any atom is -0.490 e. The third-order valence-corrected chi connectivity index (χ3v) is 4.63. The van der Waals surface area contributed by atoms with Crippen LogP contribution in [-0.4, -0.2) is 32.2 Å². The van der Waals surface area contributed by atoms with Crippen molar-refractivity contribution in [3.8, 4) is 11.5 Å². The van der Waals surface area contributed by atoms with Crippen LogP contribution in [0, 0.1) is 5.82 Å². The number of nitrogens with one attached hydrogen (secondary N) is 1. The van der Waals surface area contributed by atoms with Crippen LogP contribution >= 0.6 is 0 Å². The number of aryl methyl sites for hydroxylation is 1. The number of nitrogens with zero attached hydrogens (tertiary/aromatic N) is 1. The Labute approximate surface area is 151 Å². The van der Waals surface area contributed by atoms with Gasteiger partial charge < -0.3 is 19.7 Å². The van der Waals surface area contributed by atoms with Crippen LogP contribution in [0.1, 0.15) is 18.4 Å². The van der Waals surface area contributed by atoms with Gasteiger partial charge in [0.05, 0.1) is 25.4 Å². The van der Waals surface area contributed by atoms with Gasteiger partial charge in [-0.3, -0.25) is 4.79 Å². The van der Waals surface area contributed by atoms with Crippen molar-refractivity contribution in [2.45, 2.75) is 19.3 Å². The summed E-state index contributed by atoms with van der Waals surface area (Å²) in [4.78, 5) is 14.3. The lowest BCUT2D eigenvalue weighted by Crippen LogP contribution is -2.37. The highest BCUT2D eigenvalue weighted by Gasteiger charge is 2.22. The van der Waals surface area contributed by atoms with Crippen molar-refractivity contribution in [2.75, 3.05) is 36.5 Å². The lowest BCUT2D eigenvalue weighted by molar-refractivity contribution is -0.115. The second-order valence-corrected chi connectivity index (χ2v) is 6.53. The molecule has 0 aliphatic carbocycles. The van der Waals surface area contributed by atoms with Crippen molar-refractivity contribution in [1.82, 2.24) is 0 Å². The Morgan fingerprint density at radius 1 is 1.12 bits per heavy atom. The van der Waals surface area contributed by atoms with Crippen molar-refractivity contribution in [2.24, 2.45) is 0 Å². The molecule has 26 heavy (non-hydrogen) atoms. The second kappa shape index (κ2) is 7.23. The predicted octanol–water partition coefficient (Wildman–Crippen LogP) is 3.38. The normalized spacial score (nSPS) is 15.8. The van der Waals surface area contributed by atoms with Crippen LogP contribution in [-0.2, 0) is 11.2 Å². The molecule has 0 saturated carbocycles. The third kappa shape index (κ3) is 3.45. The number of benzene rings is 2. The van der Waals surface area contributed by atoms with Crippen LogP contribution in [0.4, 0.5) is 15.8 Å². The summed E-state index contributed by atoms with van der Waals surface area (Å²) in [6.45, 7) is 2.00. The molecule has 2 aromatic carbocycles. The molecule has 2 aromatic rings. The minimum absolute atomic E-state index is 0.113. The third-order valence-electron chi connectivity index (χ3n) is 4.63. The largest absolute Gasteiger partial charge is 0.490 e. The van der Waals surface area contributed by atoms with Crippen LogP contribution in [0.5, 0.6) is 11.5 Å². The average Bonchev–Trinajstić information content (AvgIpc) is 2.87. The molecule has 5 nitrogen and oxygen atoms in total. The van der Waals surface area contributed by atoms with Gasteiger partial charge in [0.25, 0.3) is 0 Å². The molecule has 2 aliphatic rings. The quantitative estimate of drug-likeness (QED) is 0.916. The Hall–Kier alpha value is -2.76. The summed E-state index contributed by atoms with van der Waals surface area (Å²) in [5.41, 5.74) is 2.15. The van der Waals surface area contributed by atoms with E-state index < -0.39 is 0 Å². The first-order valence-corrected chi connectivity index (χ1v) is 8.92. The Balaban J connectivity index is 1.46. The average molecular weight is 356 g/mol. The first-order chi connectivity index (χ1) is 12.7. The molecule has 1 amide bonds. The van der Waals surface area contributed by atoms with E-state index in [1.54, 1.807) is 24.3 Å². The summed E-state index contributed by atoms with van der Waals surface area (Å²) >= 11 is 0. The van der Waals surface area contributed by atoms with Crippen molar-refractivity contribution >= 4 is 17.3 Å². The molecule has 6 heteroatoms. The lowest BCUT2D eigenvalue weighted by Gasteiger charge is -2.31. The molecule has 136 valence electrons. The van der Waals surface area contributed by atoms with Crippen molar-refractivity contribution in [3.05, 3.63) is 47.8 Å². The van der Waals surface area contributed by atoms with Gasteiger partial charge in [-0.2, -0.15) is 0 Å². The number of fused-ring (bicyclic) bond motifs is 2. The lowest BCUT2D eigenvalue weighted by atomic mass is 10.0. The van der Waals surface area contributed by atoms with E-state index in [1.165, 1.54) is 6.07 Å².